The lowest BCUT2D eigenvalue weighted by molar-refractivity contribution is -0.343. The highest BCUT2D eigenvalue weighted by atomic mass is 28.4. The van der Waals surface area contributed by atoms with Gasteiger partial charge in [0.1, 0.15) is 17.3 Å². The summed E-state index contributed by atoms with van der Waals surface area (Å²) in [6.07, 6.45) is -3.81. The third kappa shape index (κ3) is 5.68. The molecule has 0 radical (unpaired) electrons. The molecule has 0 aromatic heterocycles. The zero-order valence-electron chi connectivity index (χ0n) is 32.0. The highest BCUT2D eigenvalue weighted by molar-refractivity contribution is 6.74. The van der Waals surface area contributed by atoms with Crippen LogP contribution in [0.15, 0.2) is 11.1 Å². The van der Waals surface area contributed by atoms with Gasteiger partial charge in [0, 0.05) is 24.2 Å². The first kappa shape index (κ1) is 38.6. The second-order valence-corrected chi connectivity index (χ2v) is 33.8. The van der Waals surface area contributed by atoms with E-state index in [1.54, 1.807) is 0 Å². The van der Waals surface area contributed by atoms with Crippen LogP contribution >= 0.6 is 0 Å². The molecule has 9 atom stereocenters. The van der Waals surface area contributed by atoms with E-state index in [9.17, 15) is 15.3 Å². The van der Waals surface area contributed by atoms with Gasteiger partial charge in [-0.25, -0.2) is 0 Å². The minimum absolute atomic E-state index is 0.0180. The van der Waals surface area contributed by atoms with Crippen LogP contribution in [-0.2, 0) is 22.8 Å². The summed E-state index contributed by atoms with van der Waals surface area (Å²) in [5.74, 6) is -1.25. The molecule has 11 heteroatoms. The first-order valence-corrected chi connectivity index (χ1v) is 26.6. The molecule has 266 valence electrons. The van der Waals surface area contributed by atoms with Crippen molar-refractivity contribution >= 4 is 30.7 Å². The Morgan fingerprint density at radius 3 is 1.78 bits per heavy atom. The highest BCUT2D eigenvalue weighted by Crippen LogP contribution is 2.64. The molecule has 0 unspecified atom stereocenters. The number of Topliss-reactive ketones (excluding diaryl/α,β-unsaturated/α-hetero) is 1. The molecule has 1 aliphatic heterocycles. The van der Waals surface area contributed by atoms with Crippen molar-refractivity contribution in [2.75, 3.05) is 6.61 Å². The lowest BCUT2D eigenvalue weighted by Crippen LogP contribution is -2.81. The number of hydrogen-bond donors (Lipinski definition) is 3. The number of ketones is 1. The maximum atomic E-state index is 15.8. The monoisotopic (exact) mass is 698 g/mol. The van der Waals surface area contributed by atoms with E-state index in [0.29, 0.717) is 12.0 Å². The minimum Gasteiger partial charge on any atom is -0.413 e. The van der Waals surface area contributed by atoms with E-state index in [0.717, 1.165) is 5.57 Å². The van der Waals surface area contributed by atoms with Gasteiger partial charge in [-0.1, -0.05) is 55.4 Å². The number of aliphatic hydroxyl groups is 3. The molecule has 3 fully saturated rings. The Hall–Kier alpha value is -0.219. The van der Waals surface area contributed by atoms with Crippen LogP contribution in [0.3, 0.4) is 0 Å². The van der Waals surface area contributed by atoms with Crippen LogP contribution in [0.5, 0.6) is 0 Å². The summed E-state index contributed by atoms with van der Waals surface area (Å²) < 4.78 is 27.1. The Morgan fingerprint density at radius 1 is 0.848 bits per heavy atom. The summed E-state index contributed by atoms with van der Waals surface area (Å²) in [7, 11) is -7.21. The van der Waals surface area contributed by atoms with Crippen molar-refractivity contribution in [3.05, 3.63) is 11.1 Å². The fraction of sp³-hybridized carbons (Fsp3) is 0.914. The van der Waals surface area contributed by atoms with Gasteiger partial charge in [-0.15, -0.1) is 0 Å². The molecule has 8 nitrogen and oxygen atoms in total. The zero-order chi connectivity index (χ0) is 35.6. The van der Waals surface area contributed by atoms with Crippen LogP contribution in [0, 0.1) is 16.7 Å². The van der Waals surface area contributed by atoms with Crippen LogP contribution in [-0.4, -0.2) is 94.4 Å². The van der Waals surface area contributed by atoms with Gasteiger partial charge in [-0.05, 0) is 80.9 Å². The van der Waals surface area contributed by atoms with Crippen molar-refractivity contribution < 1.29 is 38.1 Å². The summed E-state index contributed by atoms with van der Waals surface area (Å²) in [5.41, 5.74) is -4.15. The van der Waals surface area contributed by atoms with Gasteiger partial charge in [-0.2, -0.15) is 0 Å². The molecule has 1 heterocycles. The van der Waals surface area contributed by atoms with Gasteiger partial charge < -0.3 is 33.3 Å². The molecule has 3 aliphatic carbocycles. The number of carbonyl (C=O) groups is 1. The molecule has 4 aliphatic rings. The Morgan fingerprint density at radius 2 is 1.35 bits per heavy atom. The van der Waals surface area contributed by atoms with Crippen molar-refractivity contribution in [2.45, 2.75) is 180 Å². The second kappa shape index (κ2) is 11.1. The molecule has 0 amide bonds. The van der Waals surface area contributed by atoms with E-state index in [2.05, 4.69) is 87.4 Å². The molecule has 0 aromatic carbocycles. The fourth-order valence-electron chi connectivity index (χ4n) is 8.15. The van der Waals surface area contributed by atoms with Crippen molar-refractivity contribution in [1.82, 2.24) is 0 Å². The average molecular weight is 699 g/mol. The van der Waals surface area contributed by atoms with Crippen LogP contribution < -0.4 is 0 Å². The smallest absolute Gasteiger partial charge is 0.193 e. The Balaban J connectivity index is 2.09. The van der Waals surface area contributed by atoms with E-state index in [-0.39, 0.29) is 28.9 Å². The van der Waals surface area contributed by atoms with Gasteiger partial charge >= 0.3 is 0 Å². The topological polar surface area (TPSA) is 115 Å². The summed E-state index contributed by atoms with van der Waals surface area (Å²) in [6, 6.07) is 0. The van der Waals surface area contributed by atoms with Crippen molar-refractivity contribution in [2.24, 2.45) is 16.7 Å². The zero-order valence-corrected chi connectivity index (χ0v) is 35.0. The maximum absolute atomic E-state index is 15.8. The molecular formula is C35H66O8Si3. The molecule has 46 heavy (non-hydrogen) atoms. The maximum Gasteiger partial charge on any atom is 0.193 e. The molecule has 1 saturated heterocycles. The molecule has 2 bridgehead atoms. The summed E-state index contributed by atoms with van der Waals surface area (Å²) in [5, 5.41) is 37.9. The van der Waals surface area contributed by atoms with E-state index in [1.807, 2.05) is 27.7 Å². The largest absolute Gasteiger partial charge is 0.413 e. The number of aliphatic hydroxyl groups excluding tert-OH is 1. The SMILES string of the molecule is CC1=C2[C@@H](O[Si](C)(C)C(C)(C)C)C(=O)[C@]3(C)[C@@H](O[Si](C)(C)C(C)(C)C)C[C@H]4OC[C@@]4(O)[C@H]3[C@H](O)[C@](O)(C[C@@H]1O[Si](C)(C)C)C2(C)C. The summed E-state index contributed by atoms with van der Waals surface area (Å²) >= 11 is 0. The molecular weight excluding hydrogens is 633 g/mol. The van der Waals surface area contributed by atoms with Gasteiger partial charge in [0.2, 0.25) is 0 Å². The highest BCUT2D eigenvalue weighted by Gasteiger charge is 2.76. The number of ether oxygens (including phenoxy) is 1. The lowest BCUT2D eigenvalue weighted by atomic mass is 9.45. The van der Waals surface area contributed by atoms with Crippen LogP contribution in [0.2, 0.25) is 55.9 Å². The second-order valence-electron chi connectivity index (χ2n) is 19.8. The average Bonchev–Trinajstić information content (AvgIpc) is 2.84. The Bertz CT molecular complexity index is 1260. The van der Waals surface area contributed by atoms with Crippen LogP contribution in [0.25, 0.3) is 0 Å². The molecule has 0 aromatic rings. The Kier molecular flexibility index (Phi) is 9.34. The standard InChI is InChI=1S/C35H66O8Si3/c1-21-22(41-44(11,12)13)19-35(39)29(37)27-33(10,23(18-24-34(27,38)20-40-24)42-45(14,15)30(2,3)4)28(36)26(25(21)32(35,8)9)43-46(16,17)31(5,6)7/h22-24,26-27,29,37-39H,18-20H2,1-17H3/t22-,23-,24+,26+,27-,29-,33+,34-,35+/m0/s1. The molecule has 4 rings (SSSR count). The molecule has 2 saturated carbocycles. The van der Waals surface area contributed by atoms with Crippen LogP contribution in [0.4, 0.5) is 0 Å². The predicted octanol–water partition coefficient (Wildman–Crippen LogP) is 6.56. The lowest BCUT2D eigenvalue weighted by Gasteiger charge is -2.68. The van der Waals surface area contributed by atoms with Gasteiger partial charge in [-0.3, -0.25) is 4.79 Å². The number of rotatable bonds is 6. The number of fused-ring (bicyclic) bond motifs is 5. The Labute approximate surface area is 282 Å². The summed E-state index contributed by atoms with van der Waals surface area (Å²) in [4.78, 5) is 15.8. The third-order valence-corrected chi connectivity index (χ3v) is 23.2. The van der Waals surface area contributed by atoms with E-state index in [1.165, 1.54) is 0 Å². The molecule has 3 N–H and O–H groups in total. The van der Waals surface area contributed by atoms with Crippen molar-refractivity contribution in [1.29, 1.82) is 0 Å². The first-order chi connectivity index (χ1) is 20.3. The van der Waals surface area contributed by atoms with E-state index in [4.69, 9.17) is 18.0 Å². The third-order valence-electron chi connectivity index (χ3n) is 13.3. The molecule has 0 spiro atoms. The van der Waals surface area contributed by atoms with E-state index >= 15 is 4.79 Å². The minimum atomic E-state index is -2.61. The fourth-order valence-corrected chi connectivity index (χ4v) is 11.8. The number of carbonyl (C=O) groups excluding carboxylic acids is 1. The normalized spacial score (nSPS) is 40.5. The van der Waals surface area contributed by atoms with Crippen molar-refractivity contribution in [3.8, 4) is 0 Å². The predicted molar refractivity (Wildman–Crippen MR) is 190 cm³/mol. The summed E-state index contributed by atoms with van der Waals surface area (Å²) in [6.45, 7) is 35.6. The van der Waals surface area contributed by atoms with Crippen molar-refractivity contribution in [3.63, 3.8) is 0 Å². The number of hydrogen-bond acceptors (Lipinski definition) is 8. The first-order valence-electron chi connectivity index (χ1n) is 17.3. The quantitative estimate of drug-likeness (QED) is 0.211. The van der Waals surface area contributed by atoms with Gasteiger partial charge in [0.05, 0.1) is 36.4 Å². The van der Waals surface area contributed by atoms with Gasteiger partial charge in [0.15, 0.2) is 30.7 Å². The van der Waals surface area contributed by atoms with Crippen LogP contribution in [0.1, 0.15) is 82.1 Å². The van der Waals surface area contributed by atoms with E-state index < -0.39 is 83.4 Å². The van der Waals surface area contributed by atoms with Gasteiger partial charge in [0.25, 0.3) is 0 Å².